The molecule has 8 rings (SSSR count). The number of rotatable bonds is 6. The van der Waals surface area contributed by atoms with Crippen molar-refractivity contribution in [3.63, 3.8) is 0 Å². The molecule has 0 heterocycles. The second-order valence-corrected chi connectivity index (χ2v) is 11.6. The summed E-state index contributed by atoms with van der Waals surface area (Å²) in [6, 6.07) is 59.2. The number of fused-ring (bicyclic) bond motifs is 2. The Bertz CT molecular complexity index is 2180. The van der Waals surface area contributed by atoms with E-state index in [-0.39, 0.29) is 6.04 Å². The zero-order valence-electron chi connectivity index (χ0n) is 25.1. The number of allylic oxidation sites excluding steroid dienone is 2. The molecule has 214 valence electrons. The van der Waals surface area contributed by atoms with Gasteiger partial charge in [-0.25, -0.2) is 0 Å². The smallest absolute Gasteiger partial charge is 0.0560 e. The molecule has 0 aromatic heterocycles. The fraction of sp³-hybridized carbons (Fsp3) is 0.0455. The van der Waals surface area contributed by atoms with Crippen LogP contribution < -0.4 is 4.90 Å². The minimum absolute atomic E-state index is 0.169. The normalized spacial score (nSPS) is 14.4. The molecular formula is C44H33N. The van der Waals surface area contributed by atoms with Gasteiger partial charge in [0, 0.05) is 16.8 Å². The van der Waals surface area contributed by atoms with Gasteiger partial charge in [0.25, 0.3) is 0 Å². The first-order chi connectivity index (χ1) is 22.3. The highest BCUT2D eigenvalue weighted by molar-refractivity contribution is 6.06. The summed E-state index contributed by atoms with van der Waals surface area (Å²) in [6.07, 6.45) is 8.06. The molecule has 7 aromatic rings. The summed E-state index contributed by atoms with van der Waals surface area (Å²) in [4.78, 5) is 2.51. The van der Waals surface area contributed by atoms with Crippen LogP contribution in [-0.4, -0.2) is 6.04 Å². The predicted octanol–water partition coefficient (Wildman–Crippen LogP) is 11.9. The average Bonchev–Trinajstić information content (AvgIpc) is 3.13. The number of hydrogen-bond donors (Lipinski definition) is 0. The Hall–Kier alpha value is -5.66. The van der Waals surface area contributed by atoms with Gasteiger partial charge in [-0.15, -0.1) is 0 Å². The van der Waals surface area contributed by atoms with Gasteiger partial charge in [-0.2, -0.15) is 0 Å². The third-order valence-corrected chi connectivity index (χ3v) is 8.99. The minimum atomic E-state index is 0.169. The van der Waals surface area contributed by atoms with Crippen molar-refractivity contribution in [2.75, 3.05) is 4.90 Å². The summed E-state index contributed by atoms with van der Waals surface area (Å²) in [7, 11) is 0. The van der Waals surface area contributed by atoms with E-state index < -0.39 is 0 Å². The molecule has 1 unspecified atom stereocenters. The van der Waals surface area contributed by atoms with Crippen LogP contribution in [0.2, 0.25) is 0 Å². The Morgan fingerprint density at radius 1 is 0.467 bits per heavy atom. The molecule has 1 nitrogen and oxygen atoms in total. The van der Waals surface area contributed by atoms with Gasteiger partial charge in [0.15, 0.2) is 0 Å². The molecule has 0 amide bonds. The number of anilines is 2. The molecule has 1 heteroatoms. The quantitative estimate of drug-likeness (QED) is 0.191. The van der Waals surface area contributed by atoms with Crippen LogP contribution in [0.5, 0.6) is 0 Å². The zero-order chi connectivity index (χ0) is 30.0. The Kier molecular flexibility index (Phi) is 7.05. The molecule has 0 radical (unpaired) electrons. The molecule has 0 bridgehead atoms. The van der Waals surface area contributed by atoms with Gasteiger partial charge >= 0.3 is 0 Å². The lowest BCUT2D eigenvalue weighted by Gasteiger charge is -2.34. The summed E-state index contributed by atoms with van der Waals surface area (Å²) in [5.74, 6) is 0. The maximum Gasteiger partial charge on any atom is 0.0560 e. The third kappa shape index (κ3) is 5.03. The van der Waals surface area contributed by atoms with E-state index >= 15 is 0 Å². The van der Waals surface area contributed by atoms with Gasteiger partial charge in [-0.3, -0.25) is 0 Å². The fourth-order valence-electron chi connectivity index (χ4n) is 6.89. The van der Waals surface area contributed by atoms with E-state index in [1.54, 1.807) is 0 Å². The maximum atomic E-state index is 2.51. The summed E-state index contributed by atoms with van der Waals surface area (Å²) in [6.45, 7) is 0. The maximum absolute atomic E-state index is 2.51. The molecule has 45 heavy (non-hydrogen) atoms. The SMILES string of the molecule is C1=CC(N(c2ccccc2)c2ccc(-c3ccccc3)c3ccccc23)CC=C1c1ccc2ccccc2c1-c1ccccc1. The molecule has 0 fully saturated rings. The van der Waals surface area contributed by atoms with E-state index in [2.05, 4.69) is 187 Å². The lowest BCUT2D eigenvalue weighted by atomic mass is 9.87. The van der Waals surface area contributed by atoms with Gasteiger partial charge in [0.1, 0.15) is 0 Å². The van der Waals surface area contributed by atoms with E-state index in [9.17, 15) is 0 Å². The summed E-state index contributed by atoms with van der Waals surface area (Å²) >= 11 is 0. The largest absolute Gasteiger partial charge is 0.334 e. The average molecular weight is 576 g/mol. The van der Waals surface area contributed by atoms with Crippen LogP contribution in [0.15, 0.2) is 182 Å². The van der Waals surface area contributed by atoms with Gasteiger partial charge in [-0.05, 0) is 74.2 Å². The molecule has 7 aromatic carbocycles. The molecule has 1 aliphatic rings. The van der Waals surface area contributed by atoms with Crippen molar-refractivity contribution < 1.29 is 0 Å². The molecule has 1 aliphatic carbocycles. The molecule has 0 spiro atoms. The number of benzene rings is 7. The van der Waals surface area contributed by atoms with Crippen LogP contribution >= 0.6 is 0 Å². The van der Waals surface area contributed by atoms with Crippen LogP contribution in [-0.2, 0) is 0 Å². The summed E-state index contributed by atoms with van der Waals surface area (Å²) in [5.41, 5.74) is 10.0. The first kappa shape index (κ1) is 26.9. The standard InChI is InChI=1S/C44H33N/c1-4-14-32(15-5-1)38-30-31-43(42-23-13-12-22-41(38)42)45(36-19-8-3-9-20-36)37-27-24-34(25-28-37)40-29-26-33-16-10-11-21-39(33)44(40)35-17-6-2-7-18-35/h1-27,29-31,37H,28H2. The van der Waals surface area contributed by atoms with Gasteiger partial charge in [0.05, 0.1) is 6.04 Å². The fourth-order valence-corrected chi connectivity index (χ4v) is 6.89. The van der Waals surface area contributed by atoms with E-state index in [0.717, 1.165) is 6.42 Å². The third-order valence-electron chi connectivity index (χ3n) is 8.99. The first-order valence-electron chi connectivity index (χ1n) is 15.7. The van der Waals surface area contributed by atoms with Crippen LogP contribution in [0.1, 0.15) is 12.0 Å². The number of para-hydroxylation sites is 1. The molecule has 0 saturated heterocycles. The molecule has 0 aliphatic heterocycles. The lowest BCUT2D eigenvalue weighted by Crippen LogP contribution is -2.30. The molecule has 0 saturated carbocycles. The lowest BCUT2D eigenvalue weighted by molar-refractivity contribution is 0.789. The first-order valence-corrected chi connectivity index (χ1v) is 15.7. The van der Waals surface area contributed by atoms with Crippen molar-refractivity contribution >= 4 is 38.5 Å². The molecule has 1 atom stereocenters. The van der Waals surface area contributed by atoms with E-state index in [1.165, 1.54) is 66.3 Å². The Morgan fingerprint density at radius 2 is 1.07 bits per heavy atom. The Balaban J connectivity index is 1.22. The van der Waals surface area contributed by atoms with Crippen molar-refractivity contribution in [1.82, 2.24) is 0 Å². The molecular weight excluding hydrogens is 542 g/mol. The summed E-state index contributed by atoms with van der Waals surface area (Å²) in [5, 5.41) is 5.07. The monoisotopic (exact) mass is 575 g/mol. The van der Waals surface area contributed by atoms with Crippen LogP contribution in [0, 0.1) is 0 Å². The Labute approximate surface area is 265 Å². The predicted molar refractivity (Wildman–Crippen MR) is 193 cm³/mol. The topological polar surface area (TPSA) is 3.24 Å². The van der Waals surface area contributed by atoms with Crippen molar-refractivity contribution in [2.24, 2.45) is 0 Å². The Morgan fingerprint density at radius 3 is 1.78 bits per heavy atom. The van der Waals surface area contributed by atoms with Crippen molar-refractivity contribution in [3.8, 4) is 22.3 Å². The minimum Gasteiger partial charge on any atom is -0.334 e. The van der Waals surface area contributed by atoms with Crippen molar-refractivity contribution in [1.29, 1.82) is 0 Å². The van der Waals surface area contributed by atoms with Gasteiger partial charge < -0.3 is 4.90 Å². The van der Waals surface area contributed by atoms with E-state index in [4.69, 9.17) is 0 Å². The van der Waals surface area contributed by atoms with Crippen molar-refractivity contribution in [3.05, 3.63) is 188 Å². The highest BCUT2D eigenvalue weighted by Gasteiger charge is 2.24. The zero-order valence-corrected chi connectivity index (χ0v) is 25.1. The van der Waals surface area contributed by atoms with Crippen LogP contribution in [0.4, 0.5) is 11.4 Å². The van der Waals surface area contributed by atoms with Crippen LogP contribution in [0.25, 0.3) is 49.4 Å². The molecule has 0 N–H and O–H groups in total. The highest BCUT2D eigenvalue weighted by Crippen LogP contribution is 2.42. The summed E-state index contributed by atoms with van der Waals surface area (Å²) < 4.78 is 0. The van der Waals surface area contributed by atoms with Crippen molar-refractivity contribution in [2.45, 2.75) is 12.5 Å². The van der Waals surface area contributed by atoms with Gasteiger partial charge in [-0.1, -0.05) is 164 Å². The van der Waals surface area contributed by atoms with E-state index in [1.807, 2.05) is 0 Å². The van der Waals surface area contributed by atoms with Gasteiger partial charge in [0.2, 0.25) is 0 Å². The second-order valence-electron chi connectivity index (χ2n) is 11.6. The highest BCUT2D eigenvalue weighted by atomic mass is 15.2. The van der Waals surface area contributed by atoms with E-state index in [0.29, 0.717) is 0 Å². The number of nitrogens with zero attached hydrogens (tertiary/aromatic N) is 1. The van der Waals surface area contributed by atoms with Crippen LogP contribution in [0.3, 0.4) is 0 Å². The number of hydrogen-bond acceptors (Lipinski definition) is 1. The second kappa shape index (κ2) is 11.8.